The molecule has 0 spiro atoms. The Kier molecular flexibility index (Phi) is 5.52. The number of piperazine rings is 1. The predicted molar refractivity (Wildman–Crippen MR) is 94.7 cm³/mol. The summed E-state index contributed by atoms with van der Waals surface area (Å²) in [5.41, 5.74) is 0. The van der Waals surface area contributed by atoms with Crippen molar-refractivity contribution in [3.05, 3.63) is 24.2 Å². The van der Waals surface area contributed by atoms with E-state index in [2.05, 4.69) is 4.90 Å². The van der Waals surface area contributed by atoms with Gasteiger partial charge >= 0.3 is 6.03 Å². The molecule has 4 rings (SSSR count). The standard InChI is InChI=1S/C17H22N4O4.ClH/c22-15(19-5-1-2-6-19)12-21-16(23)14-11-18(7-8-20(14)17(21)24)10-13-4-3-9-25-13;/h3-4,9,14H,1-2,5-8,10-12H2;1H. The van der Waals surface area contributed by atoms with Crippen molar-refractivity contribution >= 4 is 30.3 Å². The second-order valence-electron chi connectivity index (χ2n) is 6.82. The first-order valence-corrected chi connectivity index (χ1v) is 8.78. The summed E-state index contributed by atoms with van der Waals surface area (Å²) >= 11 is 0. The SMILES string of the molecule is Cl.O=C(CN1C(=O)C2CN(Cc3ccco3)CCN2C1=O)N1CCCC1. The van der Waals surface area contributed by atoms with Crippen LogP contribution in [0.3, 0.4) is 0 Å². The third kappa shape index (κ3) is 3.43. The molecule has 1 aromatic rings. The van der Waals surface area contributed by atoms with Crippen molar-refractivity contribution in [2.45, 2.75) is 25.4 Å². The molecule has 0 saturated carbocycles. The summed E-state index contributed by atoms with van der Waals surface area (Å²) in [7, 11) is 0. The van der Waals surface area contributed by atoms with Gasteiger partial charge in [0.15, 0.2) is 0 Å². The molecule has 4 heterocycles. The number of carbonyl (C=O) groups excluding carboxylic acids is 3. The van der Waals surface area contributed by atoms with Crippen LogP contribution in [0.1, 0.15) is 18.6 Å². The Morgan fingerprint density at radius 3 is 2.62 bits per heavy atom. The van der Waals surface area contributed by atoms with Gasteiger partial charge in [-0.1, -0.05) is 0 Å². The van der Waals surface area contributed by atoms with Gasteiger partial charge in [-0.2, -0.15) is 0 Å². The molecule has 1 aromatic heterocycles. The molecule has 3 fully saturated rings. The van der Waals surface area contributed by atoms with Crippen LogP contribution in [-0.2, 0) is 16.1 Å². The molecule has 1 atom stereocenters. The summed E-state index contributed by atoms with van der Waals surface area (Å²) in [5, 5.41) is 0. The first-order chi connectivity index (χ1) is 12.1. The molecule has 26 heavy (non-hydrogen) atoms. The van der Waals surface area contributed by atoms with Gasteiger partial charge in [-0.3, -0.25) is 19.4 Å². The minimum absolute atomic E-state index is 0. The van der Waals surface area contributed by atoms with Crippen molar-refractivity contribution in [3.63, 3.8) is 0 Å². The van der Waals surface area contributed by atoms with Crippen LogP contribution in [0.5, 0.6) is 0 Å². The maximum absolute atomic E-state index is 12.7. The highest BCUT2D eigenvalue weighted by Gasteiger charge is 2.48. The number of likely N-dealkylation sites (tertiary alicyclic amines) is 1. The smallest absolute Gasteiger partial charge is 0.328 e. The van der Waals surface area contributed by atoms with E-state index in [1.165, 1.54) is 0 Å². The number of rotatable bonds is 4. The van der Waals surface area contributed by atoms with E-state index in [0.717, 1.165) is 36.6 Å². The van der Waals surface area contributed by atoms with Crippen LogP contribution in [0.4, 0.5) is 4.79 Å². The lowest BCUT2D eigenvalue weighted by atomic mass is 10.2. The number of hydrogen-bond donors (Lipinski definition) is 0. The van der Waals surface area contributed by atoms with Crippen LogP contribution in [0.15, 0.2) is 22.8 Å². The average Bonchev–Trinajstić information content (AvgIpc) is 3.34. The number of fused-ring (bicyclic) bond motifs is 1. The van der Waals surface area contributed by atoms with Crippen molar-refractivity contribution in [1.29, 1.82) is 0 Å². The Hall–Kier alpha value is -2.06. The second kappa shape index (κ2) is 7.67. The molecule has 3 saturated heterocycles. The monoisotopic (exact) mass is 382 g/mol. The average molecular weight is 383 g/mol. The number of hydrogen-bond acceptors (Lipinski definition) is 5. The largest absolute Gasteiger partial charge is 0.468 e. The molecule has 3 aliphatic rings. The summed E-state index contributed by atoms with van der Waals surface area (Å²) in [4.78, 5) is 44.1. The number of halogens is 1. The fourth-order valence-electron chi connectivity index (χ4n) is 3.82. The summed E-state index contributed by atoms with van der Waals surface area (Å²) in [6, 6.07) is 2.90. The minimum Gasteiger partial charge on any atom is -0.468 e. The Morgan fingerprint density at radius 2 is 1.92 bits per heavy atom. The maximum Gasteiger partial charge on any atom is 0.328 e. The summed E-state index contributed by atoms with van der Waals surface area (Å²) in [5.74, 6) is 0.444. The topological polar surface area (TPSA) is 77.3 Å². The number of nitrogens with zero attached hydrogens (tertiary/aromatic N) is 4. The molecule has 142 valence electrons. The van der Waals surface area contributed by atoms with Gasteiger partial charge < -0.3 is 14.2 Å². The van der Waals surface area contributed by atoms with Crippen LogP contribution in [0.2, 0.25) is 0 Å². The molecular formula is C17H23ClN4O4. The molecule has 3 aliphatic heterocycles. The zero-order chi connectivity index (χ0) is 17.4. The summed E-state index contributed by atoms with van der Waals surface area (Å²) in [6.45, 7) is 3.57. The lowest BCUT2D eigenvalue weighted by Gasteiger charge is -2.34. The zero-order valence-electron chi connectivity index (χ0n) is 14.5. The van der Waals surface area contributed by atoms with E-state index in [9.17, 15) is 14.4 Å². The van der Waals surface area contributed by atoms with Crippen molar-refractivity contribution in [2.75, 3.05) is 39.3 Å². The molecule has 0 aliphatic carbocycles. The van der Waals surface area contributed by atoms with Gasteiger partial charge in [-0.15, -0.1) is 12.4 Å². The van der Waals surface area contributed by atoms with E-state index < -0.39 is 6.04 Å². The highest BCUT2D eigenvalue weighted by Crippen LogP contribution is 2.23. The Balaban J connectivity index is 0.00000196. The van der Waals surface area contributed by atoms with E-state index in [-0.39, 0.29) is 36.8 Å². The number of amides is 4. The molecule has 0 aromatic carbocycles. The van der Waals surface area contributed by atoms with E-state index in [4.69, 9.17) is 4.42 Å². The number of carbonyl (C=O) groups is 3. The van der Waals surface area contributed by atoms with Gasteiger partial charge in [0.1, 0.15) is 18.3 Å². The van der Waals surface area contributed by atoms with Crippen molar-refractivity contribution < 1.29 is 18.8 Å². The summed E-state index contributed by atoms with van der Waals surface area (Å²) in [6.07, 6.45) is 3.61. The van der Waals surface area contributed by atoms with Crippen molar-refractivity contribution in [3.8, 4) is 0 Å². The molecule has 9 heteroatoms. The van der Waals surface area contributed by atoms with Crippen molar-refractivity contribution in [2.24, 2.45) is 0 Å². The van der Waals surface area contributed by atoms with Gasteiger partial charge in [-0.05, 0) is 25.0 Å². The van der Waals surface area contributed by atoms with E-state index in [0.29, 0.717) is 26.2 Å². The minimum atomic E-state index is -0.498. The third-order valence-electron chi connectivity index (χ3n) is 5.20. The Labute approximate surface area is 158 Å². The van der Waals surface area contributed by atoms with Crippen LogP contribution < -0.4 is 0 Å². The fourth-order valence-corrected chi connectivity index (χ4v) is 3.82. The molecule has 4 amide bonds. The van der Waals surface area contributed by atoms with Gasteiger partial charge in [0.05, 0.1) is 12.8 Å². The van der Waals surface area contributed by atoms with Gasteiger partial charge in [0.2, 0.25) is 5.91 Å². The van der Waals surface area contributed by atoms with E-state index in [1.807, 2.05) is 12.1 Å². The maximum atomic E-state index is 12.7. The number of urea groups is 1. The summed E-state index contributed by atoms with van der Waals surface area (Å²) < 4.78 is 5.36. The highest BCUT2D eigenvalue weighted by atomic mass is 35.5. The van der Waals surface area contributed by atoms with Crippen molar-refractivity contribution in [1.82, 2.24) is 19.6 Å². The van der Waals surface area contributed by atoms with Gasteiger partial charge in [0.25, 0.3) is 5.91 Å². The molecule has 0 bridgehead atoms. The van der Waals surface area contributed by atoms with Crippen LogP contribution in [0.25, 0.3) is 0 Å². The van der Waals surface area contributed by atoms with E-state index in [1.54, 1.807) is 16.1 Å². The Morgan fingerprint density at radius 1 is 1.15 bits per heavy atom. The van der Waals surface area contributed by atoms with Gasteiger partial charge in [-0.25, -0.2) is 4.79 Å². The van der Waals surface area contributed by atoms with E-state index >= 15 is 0 Å². The first kappa shape index (κ1) is 18.7. The van der Waals surface area contributed by atoms with Gasteiger partial charge in [0, 0.05) is 32.7 Å². The first-order valence-electron chi connectivity index (χ1n) is 8.78. The quantitative estimate of drug-likeness (QED) is 0.719. The normalized spacial score (nSPS) is 23.4. The fraction of sp³-hybridized carbons (Fsp3) is 0.588. The number of furan rings is 1. The number of imide groups is 1. The lowest BCUT2D eigenvalue weighted by molar-refractivity contribution is -0.137. The van der Waals surface area contributed by atoms with Crippen LogP contribution >= 0.6 is 12.4 Å². The van der Waals surface area contributed by atoms with Crippen LogP contribution in [-0.4, -0.2) is 82.8 Å². The molecular weight excluding hydrogens is 360 g/mol. The second-order valence-corrected chi connectivity index (χ2v) is 6.82. The Bertz CT molecular complexity index is 674. The lowest BCUT2D eigenvalue weighted by Crippen LogP contribution is -2.52. The molecule has 1 unspecified atom stereocenters. The third-order valence-corrected chi connectivity index (χ3v) is 5.20. The highest BCUT2D eigenvalue weighted by molar-refractivity contribution is 6.06. The van der Waals surface area contributed by atoms with Crippen LogP contribution in [0, 0.1) is 0 Å². The molecule has 0 N–H and O–H groups in total. The predicted octanol–water partition coefficient (Wildman–Crippen LogP) is 0.772. The molecule has 0 radical (unpaired) electrons. The molecule has 8 nitrogen and oxygen atoms in total. The zero-order valence-corrected chi connectivity index (χ0v) is 15.3.